The number of pyridine rings is 1. The van der Waals surface area contributed by atoms with Crippen LogP contribution in [0.4, 0.5) is 10.2 Å². The Labute approximate surface area is 116 Å². The topological polar surface area (TPSA) is 62.2 Å². The molecule has 20 heavy (non-hydrogen) atoms. The van der Waals surface area contributed by atoms with Crippen LogP contribution in [0, 0.1) is 19.7 Å². The van der Waals surface area contributed by atoms with E-state index >= 15 is 0 Å². The molecule has 0 saturated carbocycles. The minimum Gasteiger partial charge on any atom is -0.478 e. The Bertz CT molecular complexity index is 639. The van der Waals surface area contributed by atoms with Gasteiger partial charge in [-0.2, -0.15) is 0 Å². The Morgan fingerprint density at radius 2 is 1.95 bits per heavy atom. The minimum atomic E-state index is -1.02. The van der Waals surface area contributed by atoms with Gasteiger partial charge in [-0.05, 0) is 43.2 Å². The summed E-state index contributed by atoms with van der Waals surface area (Å²) < 4.78 is 12.8. The molecule has 0 aliphatic heterocycles. The van der Waals surface area contributed by atoms with Gasteiger partial charge in [-0.25, -0.2) is 14.2 Å². The van der Waals surface area contributed by atoms with Gasteiger partial charge in [-0.3, -0.25) is 0 Å². The fourth-order valence-corrected chi connectivity index (χ4v) is 2.02. The number of carboxylic acid groups (broad SMARTS) is 1. The van der Waals surface area contributed by atoms with Crippen molar-refractivity contribution < 1.29 is 14.3 Å². The highest BCUT2D eigenvalue weighted by molar-refractivity contribution is 5.94. The molecule has 0 atom stereocenters. The number of aryl methyl sites for hydroxylation is 2. The molecule has 0 radical (unpaired) electrons. The molecule has 0 aliphatic rings. The van der Waals surface area contributed by atoms with Gasteiger partial charge >= 0.3 is 5.97 Å². The zero-order valence-corrected chi connectivity index (χ0v) is 11.3. The van der Waals surface area contributed by atoms with E-state index in [1.165, 1.54) is 12.1 Å². The number of halogens is 1. The van der Waals surface area contributed by atoms with Gasteiger partial charge in [0, 0.05) is 12.2 Å². The molecular weight excluding hydrogens is 259 g/mol. The molecule has 2 rings (SSSR count). The molecule has 4 nitrogen and oxygen atoms in total. The normalized spacial score (nSPS) is 10.3. The Morgan fingerprint density at radius 1 is 1.30 bits per heavy atom. The van der Waals surface area contributed by atoms with Gasteiger partial charge in [-0.1, -0.05) is 12.1 Å². The van der Waals surface area contributed by atoms with Crippen LogP contribution in [0.2, 0.25) is 0 Å². The van der Waals surface area contributed by atoms with E-state index < -0.39 is 5.97 Å². The number of aromatic nitrogens is 1. The number of benzene rings is 1. The molecule has 5 heteroatoms. The lowest BCUT2D eigenvalue weighted by atomic mass is 10.1. The Kier molecular flexibility index (Phi) is 3.98. The van der Waals surface area contributed by atoms with E-state index in [-0.39, 0.29) is 11.4 Å². The summed E-state index contributed by atoms with van der Waals surface area (Å²) in [6, 6.07) is 7.75. The molecule has 0 fully saturated rings. The summed E-state index contributed by atoms with van der Waals surface area (Å²) in [5, 5.41) is 12.2. The molecule has 0 saturated heterocycles. The second-order valence-corrected chi connectivity index (χ2v) is 4.59. The van der Waals surface area contributed by atoms with Crippen molar-refractivity contribution in [2.24, 2.45) is 0 Å². The minimum absolute atomic E-state index is 0.165. The van der Waals surface area contributed by atoms with Crippen LogP contribution in [-0.4, -0.2) is 16.1 Å². The van der Waals surface area contributed by atoms with Crippen molar-refractivity contribution in [3.8, 4) is 0 Å². The summed E-state index contributed by atoms with van der Waals surface area (Å²) in [4.78, 5) is 15.5. The number of carbonyl (C=O) groups is 1. The lowest BCUT2D eigenvalue weighted by molar-refractivity contribution is 0.0697. The smallest absolute Gasteiger partial charge is 0.339 e. The van der Waals surface area contributed by atoms with Crippen molar-refractivity contribution in [2.75, 3.05) is 5.32 Å². The zero-order chi connectivity index (χ0) is 14.7. The molecule has 1 aromatic heterocycles. The summed E-state index contributed by atoms with van der Waals surface area (Å²) in [6.07, 6.45) is 0. The maximum absolute atomic E-state index is 12.8. The van der Waals surface area contributed by atoms with E-state index in [4.69, 9.17) is 0 Å². The number of hydrogen-bond acceptors (Lipinski definition) is 3. The van der Waals surface area contributed by atoms with Gasteiger partial charge in [0.2, 0.25) is 0 Å². The highest BCUT2D eigenvalue weighted by Gasteiger charge is 2.15. The Morgan fingerprint density at radius 3 is 2.55 bits per heavy atom. The van der Waals surface area contributed by atoms with Gasteiger partial charge in [0.25, 0.3) is 0 Å². The predicted octanol–water partition coefficient (Wildman–Crippen LogP) is 3.15. The summed E-state index contributed by atoms with van der Waals surface area (Å²) in [5.41, 5.74) is 2.42. The first-order valence-electron chi connectivity index (χ1n) is 6.17. The third-order valence-electron chi connectivity index (χ3n) is 2.93. The maximum atomic E-state index is 12.8. The van der Waals surface area contributed by atoms with Crippen LogP contribution in [-0.2, 0) is 6.54 Å². The van der Waals surface area contributed by atoms with Gasteiger partial charge in [0.15, 0.2) is 0 Å². The van der Waals surface area contributed by atoms with E-state index in [2.05, 4.69) is 10.3 Å². The summed E-state index contributed by atoms with van der Waals surface area (Å²) in [7, 11) is 0. The highest BCUT2D eigenvalue weighted by Crippen LogP contribution is 2.19. The average molecular weight is 274 g/mol. The van der Waals surface area contributed by atoms with Crippen molar-refractivity contribution in [1.29, 1.82) is 0 Å². The number of hydrogen-bond donors (Lipinski definition) is 2. The monoisotopic (exact) mass is 274 g/mol. The van der Waals surface area contributed by atoms with E-state index in [9.17, 15) is 14.3 Å². The number of nitrogens with one attached hydrogen (secondary N) is 1. The fraction of sp³-hybridized carbons (Fsp3) is 0.200. The maximum Gasteiger partial charge on any atom is 0.339 e. The first-order chi connectivity index (χ1) is 9.47. The lowest BCUT2D eigenvalue weighted by Gasteiger charge is -2.12. The van der Waals surface area contributed by atoms with Crippen molar-refractivity contribution >= 4 is 11.8 Å². The molecule has 1 heterocycles. The molecule has 1 aromatic carbocycles. The predicted molar refractivity (Wildman–Crippen MR) is 74.4 cm³/mol. The summed E-state index contributed by atoms with van der Waals surface area (Å²) in [6.45, 7) is 3.93. The van der Waals surface area contributed by atoms with E-state index in [0.717, 1.165) is 11.3 Å². The standard InChI is InChI=1S/C15H15FN2O2/c1-9-7-10(2)18-14(13(9)15(19)20)17-8-11-3-5-12(16)6-4-11/h3-7H,8H2,1-2H3,(H,17,18)(H,19,20). The van der Waals surface area contributed by atoms with Crippen molar-refractivity contribution in [3.05, 3.63) is 58.5 Å². The number of carboxylic acids is 1. The van der Waals surface area contributed by atoms with Gasteiger partial charge in [-0.15, -0.1) is 0 Å². The third-order valence-corrected chi connectivity index (χ3v) is 2.93. The van der Waals surface area contributed by atoms with Crippen LogP contribution in [0.25, 0.3) is 0 Å². The highest BCUT2D eigenvalue weighted by atomic mass is 19.1. The number of aromatic carboxylic acids is 1. The van der Waals surface area contributed by atoms with Gasteiger partial charge in [0.1, 0.15) is 17.2 Å². The van der Waals surface area contributed by atoms with Crippen LogP contribution < -0.4 is 5.32 Å². The molecule has 2 N–H and O–H groups in total. The molecular formula is C15H15FN2O2. The van der Waals surface area contributed by atoms with Crippen molar-refractivity contribution in [3.63, 3.8) is 0 Å². The van der Waals surface area contributed by atoms with E-state index in [1.54, 1.807) is 25.1 Å². The van der Waals surface area contributed by atoms with Gasteiger partial charge in [0.05, 0.1) is 0 Å². The zero-order valence-electron chi connectivity index (χ0n) is 11.3. The Balaban J connectivity index is 2.24. The van der Waals surface area contributed by atoms with Crippen LogP contribution in [0.5, 0.6) is 0 Å². The van der Waals surface area contributed by atoms with Crippen LogP contribution in [0.3, 0.4) is 0 Å². The summed E-state index contributed by atoms with van der Waals surface area (Å²) >= 11 is 0. The second kappa shape index (κ2) is 5.69. The summed E-state index contributed by atoms with van der Waals surface area (Å²) in [5.74, 6) is -0.986. The molecule has 104 valence electrons. The van der Waals surface area contributed by atoms with Crippen molar-refractivity contribution in [2.45, 2.75) is 20.4 Å². The van der Waals surface area contributed by atoms with Crippen LogP contribution in [0.1, 0.15) is 27.2 Å². The number of anilines is 1. The van der Waals surface area contributed by atoms with E-state index in [1.807, 2.05) is 6.92 Å². The molecule has 0 amide bonds. The molecule has 0 unspecified atom stereocenters. The largest absolute Gasteiger partial charge is 0.478 e. The average Bonchev–Trinajstić information content (AvgIpc) is 2.36. The lowest BCUT2D eigenvalue weighted by Crippen LogP contribution is -2.11. The van der Waals surface area contributed by atoms with Gasteiger partial charge < -0.3 is 10.4 Å². The number of nitrogens with zero attached hydrogens (tertiary/aromatic N) is 1. The van der Waals surface area contributed by atoms with E-state index in [0.29, 0.717) is 17.9 Å². The van der Waals surface area contributed by atoms with Crippen LogP contribution in [0.15, 0.2) is 30.3 Å². The molecule has 0 bridgehead atoms. The quantitative estimate of drug-likeness (QED) is 0.899. The van der Waals surface area contributed by atoms with Crippen molar-refractivity contribution in [1.82, 2.24) is 4.98 Å². The van der Waals surface area contributed by atoms with Crippen LogP contribution >= 0.6 is 0 Å². The number of rotatable bonds is 4. The fourth-order valence-electron chi connectivity index (χ4n) is 2.02. The first kappa shape index (κ1) is 14.0. The Hall–Kier alpha value is -2.43. The second-order valence-electron chi connectivity index (χ2n) is 4.59. The first-order valence-corrected chi connectivity index (χ1v) is 6.17. The third kappa shape index (κ3) is 3.12. The molecule has 0 aliphatic carbocycles. The molecule has 0 spiro atoms. The SMILES string of the molecule is Cc1cc(C)c(C(=O)O)c(NCc2ccc(F)cc2)n1. The molecule has 2 aromatic rings.